The van der Waals surface area contributed by atoms with Crippen LogP contribution in [0.4, 0.5) is 0 Å². The van der Waals surface area contributed by atoms with Crippen molar-refractivity contribution in [2.45, 2.75) is 237 Å². The molecule has 348 valence electrons. The van der Waals surface area contributed by atoms with Crippen molar-refractivity contribution in [1.29, 1.82) is 0 Å². The molecule has 1 aliphatic heterocycles. The van der Waals surface area contributed by atoms with Crippen molar-refractivity contribution >= 4 is 16.4 Å². The highest BCUT2D eigenvalue weighted by Gasteiger charge is 2.48. The standard InChI is InChI=1S/C46H86O12S/c1-3-5-7-9-11-13-15-16-17-18-19-20-21-22-23-24-25-26-28-30-32-34-36-54-38-40(56-42(48)35-33-31-29-27-14-12-10-8-6-4-2)39-55-46-44(50)45(58-59(51,52)53)43(49)41(37-47)57-46/h8,10,18-19,40-41,43-47,49-50H,3-7,9,11-17,20-39H2,1-2H3,(H,51,52,53)/b10-8-,19-18-. The van der Waals surface area contributed by atoms with Crippen LogP contribution in [0.25, 0.3) is 0 Å². The topological polar surface area (TPSA) is 178 Å². The van der Waals surface area contributed by atoms with Crippen LogP contribution in [0.1, 0.15) is 200 Å². The summed E-state index contributed by atoms with van der Waals surface area (Å²) >= 11 is 0. The summed E-state index contributed by atoms with van der Waals surface area (Å²) in [5.74, 6) is -0.410. The first-order valence-corrected chi connectivity index (χ1v) is 25.0. The maximum atomic E-state index is 12.8. The molecule has 6 unspecified atom stereocenters. The zero-order valence-electron chi connectivity index (χ0n) is 37.1. The molecule has 0 spiro atoms. The van der Waals surface area contributed by atoms with E-state index in [-0.39, 0.29) is 19.6 Å². The zero-order chi connectivity index (χ0) is 43.2. The molecule has 1 aliphatic rings. The van der Waals surface area contributed by atoms with Gasteiger partial charge in [-0.05, 0) is 57.8 Å². The van der Waals surface area contributed by atoms with E-state index in [4.69, 9.17) is 23.5 Å². The second-order valence-corrected chi connectivity index (χ2v) is 17.4. The number of ether oxygens (including phenoxy) is 4. The summed E-state index contributed by atoms with van der Waals surface area (Å²) in [6, 6.07) is 0. The van der Waals surface area contributed by atoms with Gasteiger partial charge in [0.15, 0.2) is 6.29 Å². The Morgan fingerprint density at radius 3 is 1.59 bits per heavy atom. The van der Waals surface area contributed by atoms with Crippen molar-refractivity contribution < 1.29 is 56.2 Å². The van der Waals surface area contributed by atoms with Gasteiger partial charge >= 0.3 is 16.4 Å². The Kier molecular flexibility index (Phi) is 36.1. The lowest BCUT2D eigenvalue weighted by molar-refractivity contribution is -0.301. The number of esters is 1. The van der Waals surface area contributed by atoms with Gasteiger partial charge in [0, 0.05) is 13.0 Å². The summed E-state index contributed by atoms with van der Waals surface area (Å²) in [5.41, 5.74) is 0. The smallest absolute Gasteiger partial charge is 0.397 e. The van der Waals surface area contributed by atoms with E-state index in [9.17, 15) is 28.5 Å². The van der Waals surface area contributed by atoms with Crippen molar-refractivity contribution in [2.75, 3.05) is 26.4 Å². The summed E-state index contributed by atoms with van der Waals surface area (Å²) in [6.07, 6.45) is 33.7. The summed E-state index contributed by atoms with van der Waals surface area (Å²) in [4.78, 5) is 12.8. The average Bonchev–Trinajstić information content (AvgIpc) is 3.20. The fraction of sp³-hybridized carbons (Fsp3) is 0.891. The van der Waals surface area contributed by atoms with Crippen LogP contribution < -0.4 is 0 Å². The minimum atomic E-state index is -5.06. The number of aliphatic hydroxyl groups is 3. The lowest BCUT2D eigenvalue weighted by Crippen LogP contribution is -2.60. The van der Waals surface area contributed by atoms with E-state index in [0.717, 1.165) is 64.2 Å². The zero-order valence-corrected chi connectivity index (χ0v) is 37.9. The average molecular weight is 863 g/mol. The monoisotopic (exact) mass is 863 g/mol. The van der Waals surface area contributed by atoms with E-state index in [0.29, 0.717) is 13.0 Å². The predicted molar refractivity (Wildman–Crippen MR) is 234 cm³/mol. The summed E-state index contributed by atoms with van der Waals surface area (Å²) in [7, 11) is -5.06. The molecule has 4 N–H and O–H groups in total. The Morgan fingerprint density at radius 1 is 0.627 bits per heavy atom. The lowest BCUT2D eigenvalue weighted by atomic mass is 9.99. The van der Waals surface area contributed by atoms with E-state index in [1.165, 1.54) is 109 Å². The van der Waals surface area contributed by atoms with Gasteiger partial charge in [-0.1, -0.05) is 160 Å². The van der Waals surface area contributed by atoms with Crippen LogP contribution in [0.3, 0.4) is 0 Å². The first-order valence-electron chi connectivity index (χ1n) is 23.6. The molecule has 12 nitrogen and oxygen atoms in total. The first kappa shape index (κ1) is 55.6. The van der Waals surface area contributed by atoms with Gasteiger partial charge in [-0.15, -0.1) is 0 Å². The Hall–Kier alpha value is -1.42. The molecule has 0 saturated carbocycles. The number of carbonyl (C=O) groups is 1. The van der Waals surface area contributed by atoms with Crippen molar-refractivity contribution in [3.8, 4) is 0 Å². The molecule has 0 radical (unpaired) electrons. The summed E-state index contributed by atoms with van der Waals surface area (Å²) in [5, 5.41) is 30.6. The molecular formula is C46H86O12S. The number of hydrogen-bond acceptors (Lipinski definition) is 11. The highest BCUT2D eigenvalue weighted by Crippen LogP contribution is 2.26. The van der Waals surface area contributed by atoms with E-state index in [2.05, 4.69) is 42.3 Å². The van der Waals surface area contributed by atoms with Crippen LogP contribution in [0, 0.1) is 0 Å². The van der Waals surface area contributed by atoms with Crippen LogP contribution in [-0.2, 0) is 38.3 Å². The minimum Gasteiger partial charge on any atom is -0.457 e. The second kappa shape index (κ2) is 38.3. The molecule has 1 fully saturated rings. The summed E-state index contributed by atoms with van der Waals surface area (Å²) < 4.78 is 59.0. The van der Waals surface area contributed by atoms with E-state index in [1.807, 2.05) is 0 Å². The number of carbonyl (C=O) groups excluding carboxylic acids is 1. The quantitative estimate of drug-likeness (QED) is 0.0198. The second-order valence-electron chi connectivity index (χ2n) is 16.3. The maximum Gasteiger partial charge on any atom is 0.397 e. The molecule has 0 aliphatic carbocycles. The molecule has 59 heavy (non-hydrogen) atoms. The van der Waals surface area contributed by atoms with Gasteiger partial charge in [0.2, 0.25) is 0 Å². The van der Waals surface area contributed by atoms with Gasteiger partial charge in [0.05, 0.1) is 19.8 Å². The van der Waals surface area contributed by atoms with Crippen LogP contribution in [0.5, 0.6) is 0 Å². The number of rotatable bonds is 41. The van der Waals surface area contributed by atoms with Crippen molar-refractivity contribution in [3.63, 3.8) is 0 Å². The Morgan fingerprint density at radius 2 is 1.10 bits per heavy atom. The van der Waals surface area contributed by atoms with Crippen molar-refractivity contribution in [1.82, 2.24) is 0 Å². The van der Waals surface area contributed by atoms with Crippen LogP contribution in [0.15, 0.2) is 24.3 Å². The molecule has 0 aromatic heterocycles. The highest BCUT2D eigenvalue weighted by atomic mass is 32.3. The number of aliphatic hydroxyl groups excluding tert-OH is 3. The summed E-state index contributed by atoms with van der Waals surface area (Å²) in [6.45, 7) is 3.92. The fourth-order valence-electron chi connectivity index (χ4n) is 7.20. The minimum absolute atomic E-state index is 0.0339. The Balaban J connectivity index is 2.33. The van der Waals surface area contributed by atoms with E-state index < -0.39 is 59.8 Å². The van der Waals surface area contributed by atoms with Gasteiger partial charge in [-0.3, -0.25) is 9.35 Å². The third-order valence-electron chi connectivity index (χ3n) is 10.8. The molecule has 0 aromatic carbocycles. The molecule has 1 heterocycles. The predicted octanol–water partition coefficient (Wildman–Crippen LogP) is 10.0. The third-order valence-corrected chi connectivity index (χ3v) is 11.2. The number of unbranched alkanes of at least 4 members (excludes halogenated alkanes) is 24. The van der Waals surface area contributed by atoms with Gasteiger partial charge in [-0.25, -0.2) is 4.18 Å². The van der Waals surface area contributed by atoms with E-state index in [1.54, 1.807) is 0 Å². The Labute approximate surface area is 359 Å². The molecule has 13 heteroatoms. The van der Waals surface area contributed by atoms with Gasteiger partial charge in [0.1, 0.15) is 30.5 Å². The molecule has 1 rings (SSSR count). The number of hydrogen-bond donors (Lipinski definition) is 4. The Bertz CT molecular complexity index is 1130. The first-order chi connectivity index (χ1) is 28.6. The lowest BCUT2D eigenvalue weighted by Gasteiger charge is -2.41. The van der Waals surface area contributed by atoms with Gasteiger partial charge < -0.3 is 34.3 Å². The fourth-order valence-corrected chi connectivity index (χ4v) is 7.71. The van der Waals surface area contributed by atoms with Crippen molar-refractivity contribution in [3.05, 3.63) is 24.3 Å². The van der Waals surface area contributed by atoms with Crippen LogP contribution in [0.2, 0.25) is 0 Å². The van der Waals surface area contributed by atoms with Gasteiger partial charge in [-0.2, -0.15) is 8.42 Å². The molecule has 0 bridgehead atoms. The molecular weight excluding hydrogens is 777 g/mol. The van der Waals surface area contributed by atoms with Crippen LogP contribution >= 0.6 is 0 Å². The van der Waals surface area contributed by atoms with Gasteiger partial charge in [0.25, 0.3) is 0 Å². The number of allylic oxidation sites excluding steroid dienone is 4. The SMILES string of the molecule is CCC/C=C\CCCCCCCC(=O)OC(COCCCCCCCCCCCC/C=C\CCCCCCCCCC)COC1OC(CO)C(O)C(OS(=O)(=O)O)C1O. The third kappa shape index (κ3) is 32.0. The molecule has 6 atom stereocenters. The molecule has 0 amide bonds. The molecule has 1 saturated heterocycles. The molecule has 0 aromatic rings. The normalized spacial score (nSPS) is 20.5. The van der Waals surface area contributed by atoms with Crippen LogP contribution in [-0.4, -0.2) is 97.5 Å². The maximum absolute atomic E-state index is 12.8. The van der Waals surface area contributed by atoms with Crippen molar-refractivity contribution in [2.24, 2.45) is 0 Å². The van der Waals surface area contributed by atoms with E-state index >= 15 is 0 Å². The highest BCUT2D eigenvalue weighted by molar-refractivity contribution is 7.80. The largest absolute Gasteiger partial charge is 0.457 e.